The molecule has 0 rings (SSSR count). The molecule has 0 radical (unpaired) electrons. The van der Waals surface area contributed by atoms with Crippen molar-refractivity contribution in [1.29, 1.82) is 0 Å². The molecule has 1 atom stereocenters. The Morgan fingerprint density at radius 2 is 1.56 bits per heavy atom. The lowest BCUT2D eigenvalue weighted by Gasteiger charge is -2.24. The highest BCUT2D eigenvalue weighted by molar-refractivity contribution is 7.99. The Morgan fingerprint density at radius 1 is 1.31 bits per heavy atom. The van der Waals surface area contributed by atoms with E-state index in [1.54, 1.807) is 0 Å². The van der Waals surface area contributed by atoms with Crippen LogP contribution < -0.4 is 0 Å². The van der Waals surface area contributed by atoms with Crippen molar-refractivity contribution >= 4 is 61.4 Å². The molecule has 16 heavy (non-hydrogen) atoms. The molecule has 0 aromatic rings. The van der Waals surface area contributed by atoms with Gasteiger partial charge in [-0.3, -0.25) is 4.57 Å². The Morgan fingerprint density at radius 3 is 1.62 bits per heavy atom. The van der Waals surface area contributed by atoms with E-state index in [0.29, 0.717) is 0 Å². The third-order valence-corrected chi connectivity index (χ3v) is 4.18. The monoisotopic (exact) mass is 354 g/mol. The summed E-state index contributed by atoms with van der Waals surface area (Å²) in [6, 6.07) is 0. The van der Waals surface area contributed by atoms with E-state index in [2.05, 4.69) is 20.9 Å². The number of hydrogen-bond donors (Lipinski definition) is 3. The molecule has 0 saturated carbocycles. The molecule has 12 heteroatoms. The van der Waals surface area contributed by atoms with Crippen LogP contribution in [0.1, 0.15) is 0 Å². The molecule has 0 aromatic carbocycles. The zero-order valence-electron chi connectivity index (χ0n) is 8.13. The molecule has 3 N–H and O–H groups in total. The van der Waals surface area contributed by atoms with Gasteiger partial charge in [0.1, 0.15) is 0 Å². The number of aliphatic hydroxyl groups excluding tert-OH is 1. The van der Waals surface area contributed by atoms with E-state index < -0.39 is 24.4 Å². The first-order valence-corrected chi connectivity index (χ1v) is 8.66. The van der Waals surface area contributed by atoms with E-state index in [4.69, 9.17) is 44.6 Å². The van der Waals surface area contributed by atoms with Gasteiger partial charge in [-0.2, -0.15) is 0 Å². The lowest BCUT2D eigenvalue weighted by molar-refractivity contribution is 0.176. The van der Waals surface area contributed by atoms with E-state index in [1.807, 2.05) is 0 Å². The molecule has 0 heterocycles. The summed E-state index contributed by atoms with van der Waals surface area (Å²) in [5, 5.41) is 9.20. The first-order chi connectivity index (χ1) is 7.01. The fourth-order valence-corrected chi connectivity index (χ4v) is 2.44. The minimum atomic E-state index is -3.73. The lowest BCUT2D eigenvalue weighted by atomic mass is 10.8. The molecule has 0 spiro atoms. The number of aliphatic hydroxyl groups is 1. The summed E-state index contributed by atoms with van der Waals surface area (Å²) >= 11 is 19.7. The Labute approximate surface area is 114 Å². The molecular weight excluding hydrogens is 344 g/mol. The van der Waals surface area contributed by atoms with Crippen LogP contribution in [-0.2, 0) is 25.4 Å². The topological polar surface area (TPSA) is 96.2 Å². The van der Waals surface area contributed by atoms with Crippen LogP contribution in [0.25, 0.3) is 0 Å². The van der Waals surface area contributed by atoms with Gasteiger partial charge < -0.3 is 23.9 Å². The molecule has 0 aromatic heterocycles. The summed E-state index contributed by atoms with van der Waals surface area (Å²) in [5.74, 6) is -1.80. The van der Waals surface area contributed by atoms with Crippen LogP contribution in [0.2, 0.25) is 0 Å². The highest BCUT2D eigenvalue weighted by Gasteiger charge is 2.46. The first-order valence-electron chi connectivity index (χ1n) is 3.39. The third-order valence-electron chi connectivity index (χ3n) is 1.10. The molecule has 0 aliphatic heterocycles. The van der Waals surface area contributed by atoms with Gasteiger partial charge >= 0.3 is 7.60 Å². The summed E-state index contributed by atoms with van der Waals surface area (Å²) in [6.45, 7) is 0. The zero-order chi connectivity index (χ0) is 13.6. The second kappa shape index (κ2) is 8.62. The summed E-state index contributed by atoms with van der Waals surface area (Å²) in [4.78, 5) is 15.1. The third kappa shape index (κ3) is 8.61. The van der Waals surface area contributed by atoms with Gasteiger partial charge in [0.25, 0.3) is 0 Å². The Hall–Kier alpha value is 1.55. The number of halogens is 3. The Kier molecular flexibility index (Phi) is 10.7. The second-order valence-electron chi connectivity index (χ2n) is 2.10. The average Bonchev–Trinajstić information content (AvgIpc) is 2.13. The standard InChI is InChI=1S/C4H8Cl3O4P.H3O2PS/c1-10-12(9,11-2)3(8)4(5,6)7;1-3(2)4/h3,8H,1-2H3;3H,(H2,1,2,4). The molecule has 0 aliphatic rings. The Balaban J connectivity index is 0. The molecule has 1 unspecified atom stereocenters. The molecule has 0 amide bonds. The number of rotatable bonds is 3. The SMILES string of the molecule is COP(=O)(OC)C(O)C(Cl)(Cl)Cl.O[PH](O)=S. The maximum Gasteiger partial charge on any atom is 0.362 e. The van der Waals surface area contributed by atoms with Crippen molar-refractivity contribution in [2.24, 2.45) is 0 Å². The van der Waals surface area contributed by atoms with Crippen LogP contribution in [0.4, 0.5) is 0 Å². The fourth-order valence-electron chi connectivity index (χ4n) is 0.454. The molecule has 0 saturated heterocycles. The Bertz CT molecular complexity index is 259. The van der Waals surface area contributed by atoms with Crippen LogP contribution >= 0.6 is 49.5 Å². The maximum absolute atomic E-state index is 11.3. The van der Waals surface area contributed by atoms with Gasteiger partial charge in [0.2, 0.25) is 9.64 Å². The molecular formula is C4H11Cl3O6P2S. The minimum Gasteiger partial charge on any atom is -0.377 e. The van der Waals surface area contributed by atoms with Gasteiger partial charge in [-0.15, -0.1) is 0 Å². The van der Waals surface area contributed by atoms with Gasteiger partial charge in [0.15, 0.2) is 7.15 Å². The molecule has 6 nitrogen and oxygen atoms in total. The van der Waals surface area contributed by atoms with Crippen molar-refractivity contribution in [3.8, 4) is 0 Å². The van der Waals surface area contributed by atoms with E-state index in [1.165, 1.54) is 0 Å². The van der Waals surface area contributed by atoms with E-state index in [9.17, 15) is 9.67 Å². The van der Waals surface area contributed by atoms with E-state index in [0.717, 1.165) is 14.2 Å². The molecule has 0 aliphatic carbocycles. The lowest BCUT2D eigenvalue weighted by Crippen LogP contribution is -2.26. The smallest absolute Gasteiger partial charge is 0.362 e. The summed E-state index contributed by atoms with van der Waals surface area (Å²) in [7, 11) is -3.86. The number of hydrogen-bond acceptors (Lipinski definition) is 5. The van der Waals surface area contributed by atoms with Gasteiger partial charge in [0.05, 0.1) is 0 Å². The van der Waals surface area contributed by atoms with Crippen molar-refractivity contribution in [1.82, 2.24) is 0 Å². The van der Waals surface area contributed by atoms with Crippen LogP contribution in [0.15, 0.2) is 0 Å². The summed E-state index contributed by atoms with van der Waals surface area (Å²) < 4.78 is 18.1. The molecule has 0 bridgehead atoms. The van der Waals surface area contributed by atoms with Gasteiger partial charge in [0, 0.05) is 14.2 Å². The summed E-state index contributed by atoms with van der Waals surface area (Å²) in [5.41, 5.74) is 0. The van der Waals surface area contributed by atoms with Crippen LogP contribution in [0, 0.1) is 0 Å². The maximum atomic E-state index is 11.3. The van der Waals surface area contributed by atoms with Crippen molar-refractivity contribution in [2.75, 3.05) is 14.2 Å². The van der Waals surface area contributed by atoms with E-state index >= 15 is 0 Å². The van der Waals surface area contributed by atoms with Gasteiger partial charge in [-0.25, -0.2) is 0 Å². The normalized spacial score (nSPS) is 14.3. The predicted octanol–water partition coefficient (Wildman–Crippen LogP) is 1.64. The highest BCUT2D eigenvalue weighted by Crippen LogP contribution is 2.57. The minimum absolute atomic E-state index is 1.09. The van der Waals surface area contributed by atoms with Crippen molar-refractivity contribution < 1.29 is 28.5 Å². The highest BCUT2D eigenvalue weighted by atomic mass is 35.6. The molecule has 100 valence electrons. The van der Waals surface area contributed by atoms with Crippen LogP contribution in [0.5, 0.6) is 0 Å². The van der Waals surface area contributed by atoms with Gasteiger partial charge in [-0.05, 0) is 11.8 Å². The van der Waals surface area contributed by atoms with E-state index in [-0.39, 0.29) is 0 Å². The quantitative estimate of drug-likeness (QED) is 0.523. The van der Waals surface area contributed by atoms with Crippen molar-refractivity contribution in [3.63, 3.8) is 0 Å². The first kappa shape index (κ1) is 19.9. The fraction of sp³-hybridized carbons (Fsp3) is 1.00. The predicted molar refractivity (Wildman–Crippen MR) is 68.0 cm³/mol. The van der Waals surface area contributed by atoms with Crippen LogP contribution in [-0.4, -0.2) is 38.8 Å². The number of alkyl halides is 3. The van der Waals surface area contributed by atoms with Gasteiger partial charge in [-0.1, -0.05) is 34.8 Å². The zero-order valence-corrected chi connectivity index (χ0v) is 13.1. The van der Waals surface area contributed by atoms with Crippen LogP contribution in [0.3, 0.4) is 0 Å². The van der Waals surface area contributed by atoms with Crippen molar-refractivity contribution in [3.05, 3.63) is 0 Å². The van der Waals surface area contributed by atoms with Crippen molar-refractivity contribution in [2.45, 2.75) is 9.64 Å². The largest absolute Gasteiger partial charge is 0.377 e. The summed E-state index contributed by atoms with van der Waals surface area (Å²) in [6.07, 6.45) is 0. The average molecular weight is 356 g/mol. The second-order valence-corrected chi connectivity index (χ2v) is 8.43. The molecule has 0 fully saturated rings.